The molecule has 6 heteroatoms. The van der Waals surface area contributed by atoms with Crippen LogP contribution in [0.4, 0.5) is 0 Å². The number of carboxylic acid groups (broad SMARTS) is 1. The number of ether oxygens (including phenoxy) is 1. The Morgan fingerprint density at radius 2 is 2.00 bits per heavy atom. The van der Waals surface area contributed by atoms with E-state index in [-0.39, 0.29) is 13.0 Å². The van der Waals surface area contributed by atoms with Crippen LogP contribution < -0.4 is 4.74 Å². The number of para-hydroxylation sites is 2. The number of aliphatic carboxylic acids is 1. The van der Waals surface area contributed by atoms with E-state index in [1.165, 1.54) is 0 Å². The number of nitrogens with one attached hydrogen (secondary N) is 1. The van der Waals surface area contributed by atoms with Crippen LogP contribution in [0.15, 0.2) is 48.5 Å². The number of aromatic amines is 1. The van der Waals surface area contributed by atoms with Crippen LogP contribution in [0, 0.1) is 11.3 Å². The molecule has 0 saturated carbocycles. The first-order chi connectivity index (χ1) is 12.2. The second-order valence-corrected chi connectivity index (χ2v) is 5.33. The minimum atomic E-state index is -0.899. The highest BCUT2D eigenvalue weighted by atomic mass is 16.5. The summed E-state index contributed by atoms with van der Waals surface area (Å²) in [5.41, 5.74) is 2.93. The van der Waals surface area contributed by atoms with Gasteiger partial charge >= 0.3 is 5.97 Å². The van der Waals surface area contributed by atoms with Crippen molar-refractivity contribution in [2.24, 2.45) is 0 Å². The molecule has 1 heterocycles. The number of rotatable bonds is 6. The maximum atomic E-state index is 10.5. The maximum absolute atomic E-state index is 10.5. The Labute approximate surface area is 144 Å². The summed E-state index contributed by atoms with van der Waals surface area (Å²) in [7, 11) is 0. The fourth-order valence-electron chi connectivity index (χ4n) is 2.32. The molecule has 0 radical (unpaired) electrons. The van der Waals surface area contributed by atoms with Gasteiger partial charge in [0.15, 0.2) is 0 Å². The van der Waals surface area contributed by atoms with Gasteiger partial charge in [0, 0.05) is 0 Å². The Kier molecular flexibility index (Phi) is 4.77. The van der Waals surface area contributed by atoms with Crippen molar-refractivity contribution >= 4 is 28.7 Å². The smallest absolute Gasteiger partial charge is 0.306 e. The van der Waals surface area contributed by atoms with Crippen molar-refractivity contribution in [3.8, 4) is 11.8 Å². The van der Waals surface area contributed by atoms with Gasteiger partial charge in [-0.15, -0.1) is 0 Å². The Balaban J connectivity index is 1.78. The zero-order valence-electron chi connectivity index (χ0n) is 13.3. The van der Waals surface area contributed by atoms with Gasteiger partial charge in [-0.3, -0.25) is 4.79 Å². The third kappa shape index (κ3) is 4.03. The average molecular weight is 333 g/mol. The van der Waals surface area contributed by atoms with Crippen LogP contribution in [-0.2, 0) is 4.79 Å². The van der Waals surface area contributed by atoms with Gasteiger partial charge in [-0.1, -0.05) is 24.3 Å². The van der Waals surface area contributed by atoms with Crippen LogP contribution >= 0.6 is 0 Å². The van der Waals surface area contributed by atoms with Crippen LogP contribution in [0.25, 0.3) is 22.7 Å². The fraction of sp³-hybridized carbons (Fsp3) is 0.105. The summed E-state index contributed by atoms with van der Waals surface area (Å²) in [4.78, 5) is 18.0. The molecule has 0 aliphatic carbocycles. The van der Waals surface area contributed by atoms with E-state index in [9.17, 15) is 10.1 Å². The molecule has 0 saturated heterocycles. The van der Waals surface area contributed by atoms with Crippen molar-refractivity contribution in [2.75, 3.05) is 6.61 Å². The minimum absolute atomic E-state index is 0.0493. The number of fused-ring (bicyclic) bond motifs is 1. The van der Waals surface area contributed by atoms with Gasteiger partial charge in [-0.05, 0) is 35.9 Å². The highest BCUT2D eigenvalue weighted by molar-refractivity contribution is 5.90. The lowest BCUT2D eigenvalue weighted by Crippen LogP contribution is -2.04. The number of benzene rings is 2. The maximum Gasteiger partial charge on any atom is 0.306 e. The van der Waals surface area contributed by atoms with Crippen LogP contribution in [-0.4, -0.2) is 27.7 Å². The molecule has 124 valence electrons. The second-order valence-electron chi connectivity index (χ2n) is 5.33. The molecule has 0 bridgehead atoms. The second kappa shape index (κ2) is 7.32. The lowest BCUT2D eigenvalue weighted by Gasteiger charge is -2.04. The summed E-state index contributed by atoms with van der Waals surface area (Å²) >= 11 is 0. The normalized spacial score (nSPS) is 11.2. The summed E-state index contributed by atoms with van der Waals surface area (Å²) < 4.78 is 5.34. The number of nitriles is 1. The zero-order valence-corrected chi connectivity index (χ0v) is 13.3. The SMILES string of the molecule is N#C/C(=C\c1ccc(OCCC(=O)O)cc1)c1nc2ccccc2[nH]1. The third-order valence-corrected chi connectivity index (χ3v) is 3.54. The molecule has 6 nitrogen and oxygen atoms in total. The van der Waals surface area contributed by atoms with Gasteiger partial charge < -0.3 is 14.8 Å². The van der Waals surface area contributed by atoms with Crippen LogP contribution in [0.3, 0.4) is 0 Å². The topological polar surface area (TPSA) is 99.0 Å². The van der Waals surface area contributed by atoms with E-state index < -0.39 is 5.97 Å². The van der Waals surface area contributed by atoms with E-state index in [0.717, 1.165) is 16.6 Å². The summed E-state index contributed by atoms with van der Waals surface area (Å²) in [5.74, 6) is 0.204. The molecule has 0 aliphatic rings. The molecule has 0 atom stereocenters. The molecule has 25 heavy (non-hydrogen) atoms. The van der Waals surface area contributed by atoms with Gasteiger partial charge in [-0.25, -0.2) is 4.98 Å². The average Bonchev–Trinajstić information content (AvgIpc) is 3.04. The fourth-order valence-corrected chi connectivity index (χ4v) is 2.32. The number of imidazole rings is 1. The molecule has 0 amide bonds. The molecule has 3 rings (SSSR count). The molecule has 2 N–H and O–H groups in total. The number of aromatic nitrogens is 2. The number of hydrogen-bond donors (Lipinski definition) is 2. The Morgan fingerprint density at radius 1 is 1.24 bits per heavy atom. The number of carboxylic acids is 1. The van der Waals surface area contributed by atoms with Crippen LogP contribution in [0.5, 0.6) is 5.75 Å². The first-order valence-corrected chi connectivity index (χ1v) is 7.67. The van der Waals surface area contributed by atoms with Crippen molar-refractivity contribution in [3.63, 3.8) is 0 Å². The first-order valence-electron chi connectivity index (χ1n) is 7.67. The minimum Gasteiger partial charge on any atom is -0.493 e. The number of allylic oxidation sites excluding steroid dienone is 1. The van der Waals surface area contributed by atoms with E-state index in [4.69, 9.17) is 9.84 Å². The highest BCUT2D eigenvalue weighted by Gasteiger charge is 2.07. The van der Waals surface area contributed by atoms with Crippen LogP contribution in [0.2, 0.25) is 0 Å². The Morgan fingerprint density at radius 3 is 2.68 bits per heavy atom. The molecule has 1 aromatic heterocycles. The monoisotopic (exact) mass is 333 g/mol. The molecule has 3 aromatic rings. The molecular formula is C19H15N3O3. The number of hydrogen-bond acceptors (Lipinski definition) is 4. The zero-order chi connectivity index (χ0) is 17.6. The lowest BCUT2D eigenvalue weighted by atomic mass is 10.1. The summed E-state index contributed by atoms with van der Waals surface area (Å²) in [5, 5.41) is 18.0. The highest BCUT2D eigenvalue weighted by Crippen LogP contribution is 2.20. The van der Waals surface area contributed by atoms with Gasteiger partial charge in [-0.2, -0.15) is 5.26 Å². The quantitative estimate of drug-likeness (QED) is 0.673. The van der Waals surface area contributed by atoms with E-state index in [0.29, 0.717) is 17.1 Å². The predicted octanol–water partition coefficient (Wildman–Crippen LogP) is 3.48. The lowest BCUT2D eigenvalue weighted by molar-refractivity contribution is -0.137. The van der Waals surface area contributed by atoms with Crippen LogP contribution in [0.1, 0.15) is 17.8 Å². The molecule has 0 aliphatic heterocycles. The third-order valence-electron chi connectivity index (χ3n) is 3.54. The molecule has 0 unspecified atom stereocenters. The summed E-state index contributed by atoms with van der Waals surface area (Å²) in [6, 6.07) is 16.8. The number of nitrogens with zero attached hydrogens (tertiary/aromatic N) is 2. The van der Waals surface area contributed by atoms with Crippen molar-refractivity contribution in [1.82, 2.24) is 9.97 Å². The van der Waals surface area contributed by atoms with Crippen molar-refractivity contribution in [3.05, 3.63) is 59.9 Å². The van der Waals surface area contributed by atoms with Crippen molar-refractivity contribution < 1.29 is 14.6 Å². The first kappa shape index (κ1) is 16.3. The molecule has 0 spiro atoms. The van der Waals surface area contributed by atoms with E-state index in [1.54, 1.807) is 30.3 Å². The van der Waals surface area contributed by atoms with Gasteiger partial charge in [0.1, 0.15) is 17.6 Å². The van der Waals surface area contributed by atoms with E-state index >= 15 is 0 Å². The number of carbonyl (C=O) groups is 1. The summed E-state index contributed by atoms with van der Waals surface area (Å²) in [6.07, 6.45) is 1.69. The van der Waals surface area contributed by atoms with Crippen molar-refractivity contribution in [2.45, 2.75) is 6.42 Å². The number of H-pyrrole nitrogens is 1. The summed E-state index contributed by atoms with van der Waals surface area (Å²) in [6.45, 7) is 0.118. The van der Waals surface area contributed by atoms with Crippen molar-refractivity contribution in [1.29, 1.82) is 5.26 Å². The van der Waals surface area contributed by atoms with E-state index in [1.807, 2.05) is 24.3 Å². The van der Waals surface area contributed by atoms with Gasteiger partial charge in [0.25, 0.3) is 0 Å². The largest absolute Gasteiger partial charge is 0.493 e. The predicted molar refractivity (Wildman–Crippen MR) is 93.8 cm³/mol. The molecule has 0 fully saturated rings. The Bertz CT molecular complexity index is 932. The Hall–Kier alpha value is -3.59. The van der Waals surface area contributed by atoms with Gasteiger partial charge in [0.2, 0.25) is 0 Å². The molecule has 2 aromatic carbocycles. The van der Waals surface area contributed by atoms with E-state index in [2.05, 4.69) is 16.0 Å². The molecular weight excluding hydrogens is 318 g/mol. The standard InChI is InChI=1S/C19H15N3O3/c20-12-14(19-21-16-3-1-2-4-17(16)22-19)11-13-5-7-15(8-6-13)25-10-9-18(23)24/h1-8,11H,9-10H2,(H,21,22)(H,23,24)/b14-11+. The van der Waals surface area contributed by atoms with Gasteiger partial charge in [0.05, 0.1) is 29.6 Å².